The SMILES string of the molecule is Cc1csc(-c2noc(-c3cc(C)sn3)n2)n1. The van der Waals surface area contributed by atoms with Gasteiger partial charge in [-0.1, -0.05) is 5.16 Å². The maximum atomic E-state index is 5.18. The minimum absolute atomic E-state index is 0.442. The van der Waals surface area contributed by atoms with Crippen molar-refractivity contribution in [1.82, 2.24) is 19.5 Å². The number of hydrogen-bond donors (Lipinski definition) is 0. The Balaban J connectivity index is 1.98. The monoisotopic (exact) mass is 264 g/mol. The second-order valence-electron chi connectivity index (χ2n) is 3.54. The van der Waals surface area contributed by atoms with Crippen molar-refractivity contribution in [3.05, 3.63) is 22.0 Å². The highest BCUT2D eigenvalue weighted by atomic mass is 32.1. The van der Waals surface area contributed by atoms with Crippen molar-refractivity contribution < 1.29 is 4.52 Å². The van der Waals surface area contributed by atoms with Gasteiger partial charge in [-0.2, -0.15) is 9.36 Å². The first kappa shape index (κ1) is 10.5. The molecule has 0 aliphatic heterocycles. The Bertz CT molecular complexity index is 600. The van der Waals surface area contributed by atoms with Crippen LogP contribution in [0.3, 0.4) is 0 Å². The second kappa shape index (κ2) is 4.01. The number of nitrogens with zero attached hydrogens (tertiary/aromatic N) is 4. The van der Waals surface area contributed by atoms with Crippen molar-refractivity contribution in [2.45, 2.75) is 13.8 Å². The Hall–Kier alpha value is -1.60. The van der Waals surface area contributed by atoms with Crippen molar-refractivity contribution in [2.24, 2.45) is 0 Å². The molecule has 0 saturated heterocycles. The fourth-order valence-electron chi connectivity index (χ4n) is 1.34. The van der Waals surface area contributed by atoms with Gasteiger partial charge < -0.3 is 4.52 Å². The smallest absolute Gasteiger partial charge is 0.278 e. The van der Waals surface area contributed by atoms with E-state index in [0.29, 0.717) is 11.7 Å². The zero-order valence-electron chi connectivity index (χ0n) is 9.17. The first-order valence-corrected chi connectivity index (χ1v) is 6.57. The van der Waals surface area contributed by atoms with Crippen molar-refractivity contribution >= 4 is 22.9 Å². The van der Waals surface area contributed by atoms with Gasteiger partial charge in [-0.25, -0.2) is 4.98 Å². The predicted octanol–water partition coefficient (Wildman–Crippen LogP) is 2.93. The average Bonchev–Trinajstić information content (AvgIpc) is 2.96. The summed E-state index contributed by atoms with van der Waals surface area (Å²) >= 11 is 2.92. The first-order valence-electron chi connectivity index (χ1n) is 4.92. The fraction of sp³-hybridized carbons (Fsp3) is 0.200. The Kier molecular flexibility index (Phi) is 2.49. The Morgan fingerprint density at radius 1 is 1.24 bits per heavy atom. The molecule has 0 amide bonds. The van der Waals surface area contributed by atoms with E-state index in [2.05, 4.69) is 19.5 Å². The highest BCUT2D eigenvalue weighted by molar-refractivity contribution is 7.13. The van der Waals surface area contributed by atoms with Gasteiger partial charge in [-0.15, -0.1) is 11.3 Å². The molecular formula is C10H8N4OS2. The summed E-state index contributed by atoms with van der Waals surface area (Å²) in [4.78, 5) is 9.72. The molecule has 3 rings (SSSR count). The highest BCUT2D eigenvalue weighted by Gasteiger charge is 2.14. The van der Waals surface area contributed by atoms with E-state index in [4.69, 9.17) is 4.52 Å². The quantitative estimate of drug-likeness (QED) is 0.712. The molecule has 3 heterocycles. The van der Waals surface area contributed by atoms with E-state index in [1.807, 2.05) is 25.3 Å². The van der Waals surface area contributed by atoms with Crippen LogP contribution in [-0.4, -0.2) is 19.5 Å². The third-order valence-electron chi connectivity index (χ3n) is 2.08. The largest absolute Gasteiger partial charge is 0.332 e. The molecule has 0 fully saturated rings. The number of hydrogen-bond acceptors (Lipinski definition) is 7. The minimum atomic E-state index is 0.442. The number of aryl methyl sites for hydroxylation is 2. The van der Waals surface area contributed by atoms with E-state index < -0.39 is 0 Å². The topological polar surface area (TPSA) is 64.7 Å². The standard InChI is InChI=1S/C10H8N4OS2/c1-5-4-16-10(11-5)8-12-9(15-13-8)7-3-6(2)17-14-7/h3-4H,1-2H3. The number of aromatic nitrogens is 4. The van der Waals surface area contributed by atoms with Gasteiger partial charge >= 0.3 is 0 Å². The second-order valence-corrected chi connectivity index (χ2v) is 5.41. The van der Waals surface area contributed by atoms with Crippen LogP contribution in [0, 0.1) is 13.8 Å². The molecule has 0 aromatic carbocycles. The molecule has 0 radical (unpaired) electrons. The van der Waals surface area contributed by atoms with Gasteiger partial charge in [-0.05, 0) is 31.4 Å². The molecule has 0 spiro atoms. The third kappa shape index (κ3) is 1.98. The molecule has 0 bridgehead atoms. The molecule has 0 N–H and O–H groups in total. The van der Waals surface area contributed by atoms with Crippen molar-refractivity contribution in [3.63, 3.8) is 0 Å². The average molecular weight is 264 g/mol. The van der Waals surface area contributed by atoms with Gasteiger partial charge in [0.05, 0.1) is 0 Å². The van der Waals surface area contributed by atoms with Crippen LogP contribution in [-0.2, 0) is 0 Å². The summed E-state index contributed by atoms with van der Waals surface area (Å²) in [5.74, 6) is 0.959. The van der Waals surface area contributed by atoms with Gasteiger partial charge in [0.25, 0.3) is 5.89 Å². The molecular weight excluding hydrogens is 256 g/mol. The van der Waals surface area contributed by atoms with E-state index >= 15 is 0 Å². The van der Waals surface area contributed by atoms with E-state index in [-0.39, 0.29) is 0 Å². The molecule has 0 unspecified atom stereocenters. The molecule has 0 aliphatic rings. The van der Waals surface area contributed by atoms with E-state index in [9.17, 15) is 0 Å². The van der Waals surface area contributed by atoms with E-state index in [1.54, 1.807) is 0 Å². The highest BCUT2D eigenvalue weighted by Crippen LogP contribution is 2.25. The van der Waals surface area contributed by atoms with Gasteiger partial charge in [0, 0.05) is 16.0 Å². The van der Waals surface area contributed by atoms with E-state index in [1.165, 1.54) is 22.9 Å². The summed E-state index contributed by atoms with van der Waals surface area (Å²) in [5.41, 5.74) is 1.68. The van der Waals surface area contributed by atoms with Crippen LogP contribution in [0.2, 0.25) is 0 Å². The minimum Gasteiger partial charge on any atom is -0.332 e. The normalized spacial score (nSPS) is 10.9. The molecule has 17 heavy (non-hydrogen) atoms. The lowest BCUT2D eigenvalue weighted by molar-refractivity contribution is 0.431. The molecule has 3 aromatic heterocycles. The summed E-state index contributed by atoms with van der Waals surface area (Å²) in [5, 5.41) is 6.64. The Morgan fingerprint density at radius 2 is 2.12 bits per heavy atom. The van der Waals surface area contributed by atoms with Crippen molar-refractivity contribution in [1.29, 1.82) is 0 Å². The van der Waals surface area contributed by atoms with Crippen LogP contribution >= 0.6 is 22.9 Å². The third-order valence-corrected chi connectivity index (χ3v) is 3.73. The van der Waals surface area contributed by atoms with Gasteiger partial charge in [-0.3, -0.25) is 0 Å². The van der Waals surface area contributed by atoms with Crippen LogP contribution < -0.4 is 0 Å². The van der Waals surface area contributed by atoms with Crippen molar-refractivity contribution in [2.75, 3.05) is 0 Å². The number of thiazole rings is 1. The summed E-state index contributed by atoms with van der Waals surface area (Å²) in [6.07, 6.45) is 0. The van der Waals surface area contributed by atoms with Gasteiger partial charge in [0.15, 0.2) is 5.01 Å². The summed E-state index contributed by atoms with van der Waals surface area (Å²) in [6.45, 7) is 3.92. The number of rotatable bonds is 2. The molecule has 5 nitrogen and oxygen atoms in total. The van der Waals surface area contributed by atoms with E-state index in [0.717, 1.165) is 21.3 Å². The maximum Gasteiger partial charge on any atom is 0.278 e. The zero-order valence-corrected chi connectivity index (χ0v) is 10.8. The molecule has 86 valence electrons. The molecule has 0 atom stereocenters. The lowest BCUT2D eigenvalue weighted by Gasteiger charge is -1.82. The van der Waals surface area contributed by atoms with Crippen LogP contribution in [0.25, 0.3) is 22.4 Å². The molecule has 0 aliphatic carbocycles. The lowest BCUT2D eigenvalue weighted by Crippen LogP contribution is -1.80. The Labute approximate surface area is 105 Å². The summed E-state index contributed by atoms with van der Waals surface area (Å²) < 4.78 is 9.40. The summed E-state index contributed by atoms with van der Waals surface area (Å²) in [7, 11) is 0. The fourth-order valence-corrected chi connectivity index (χ4v) is 2.60. The summed E-state index contributed by atoms with van der Waals surface area (Å²) in [6, 6.07) is 1.93. The molecule has 7 heteroatoms. The molecule has 3 aromatic rings. The van der Waals surface area contributed by atoms with Gasteiger partial charge in [0.2, 0.25) is 5.82 Å². The maximum absolute atomic E-state index is 5.18. The lowest BCUT2D eigenvalue weighted by atomic mass is 10.4. The van der Waals surface area contributed by atoms with Crippen LogP contribution in [0.1, 0.15) is 10.6 Å². The van der Waals surface area contributed by atoms with Crippen molar-refractivity contribution in [3.8, 4) is 22.4 Å². The molecule has 0 saturated carbocycles. The van der Waals surface area contributed by atoms with Gasteiger partial charge in [0.1, 0.15) is 5.69 Å². The van der Waals surface area contributed by atoms with Crippen LogP contribution in [0.5, 0.6) is 0 Å². The van der Waals surface area contributed by atoms with Crippen LogP contribution in [0.15, 0.2) is 16.0 Å². The van der Waals surface area contributed by atoms with Crippen LogP contribution in [0.4, 0.5) is 0 Å². The predicted molar refractivity (Wildman–Crippen MR) is 66.0 cm³/mol. The zero-order chi connectivity index (χ0) is 11.8. The first-order chi connectivity index (χ1) is 8.22. The Morgan fingerprint density at radius 3 is 2.76 bits per heavy atom.